The van der Waals surface area contributed by atoms with Gasteiger partial charge in [-0.3, -0.25) is 9.69 Å². The zero-order valence-electron chi connectivity index (χ0n) is 15.3. The van der Waals surface area contributed by atoms with Crippen LogP contribution >= 0.6 is 0 Å². The van der Waals surface area contributed by atoms with Gasteiger partial charge >= 0.3 is 0 Å². The van der Waals surface area contributed by atoms with Crippen LogP contribution in [0, 0.1) is 0 Å². The fourth-order valence-electron chi connectivity index (χ4n) is 3.12. The van der Waals surface area contributed by atoms with E-state index in [-0.39, 0.29) is 5.91 Å². The minimum Gasteiger partial charge on any atom is -0.493 e. The fraction of sp³-hybridized carbons (Fsp3) is 0.368. The number of H-pyrrole nitrogens is 1. The monoisotopic (exact) mass is 358 g/mol. The lowest BCUT2D eigenvalue weighted by atomic mass is 10.1. The smallest absolute Gasteiger partial charge is 0.274 e. The number of carbonyl (C=O) groups excluding carboxylic acids is 1. The van der Waals surface area contributed by atoms with Gasteiger partial charge in [-0.25, -0.2) is 4.98 Å². The molecule has 0 saturated carbocycles. The van der Waals surface area contributed by atoms with Gasteiger partial charge in [0.1, 0.15) is 13.1 Å². The van der Waals surface area contributed by atoms with Crippen molar-refractivity contribution in [1.82, 2.24) is 4.90 Å². The Kier molecular flexibility index (Phi) is 5.46. The van der Waals surface area contributed by atoms with Gasteiger partial charge in [-0.05, 0) is 18.2 Å². The topological polar surface area (TPSA) is 65.4 Å². The number of nitrogens with one attached hydrogen (secondary N) is 1. The van der Waals surface area contributed by atoms with Crippen LogP contribution in [0.5, 0.6) is 17.2 Å². The van der Waals surface area contributed by atoms with Crippen molar-refractivity contribution in [3.8, 4) is 17.2 Å². The van der Waals surface area contributed by atoms with E-state index in [1.165, 1.54) is 0 Å². The first kappa shape index (κ1) is 17.8. The molecule has 2 aromatic rings. The molecular weight excluding hydrogens is 334 g/mol. The molecule has 0 bridgehead atoms. The van der Waals surface area contributed by atoms with Crippen LogP contribution in [0.25, 0.3) is 0 Å². The molecular formula is C19H24N3O4+. The average Bonchev–Trinajstić information content (AvgIpc) is 2.72. The average molecular weight is 358 g/mol. The third-order valence-corrected chi connectivity index (χ3v) is 4.51. The molecule has 1 N–H and O–H groups in total. The summed E-state index contributed by atoms with van der Waals surface area (Å²) in [5.41, 5.74) is 0.527. The molecule has 1 fully saturated rings. The van der Waals surface area contributed by atoms with Crippen LogP contribution in [0.1, 0.15) is 10.4 Å². The number of anilines is 1. The van der Waals surface area contributed by atoms with E-state index < -0.39 is 0 Å². The number of hydrogen-bond acceptors (Lipinski definition) is 5. The Hall–Kier alpha value is -2.96. The van der Waals surface area contributed by atoms with Gasteiger partial charge in [0, 0.05) is 11.6 Å². The Labute approximate surface area is 153 Å². The van der Waals surface area contributed by atoms with E-state index in [4.69, 9.17) is 14.2 Å². The molecule has 0 aliphatic carbocycles. The van der Waals surface area contributed by atoms with Gasteiger partial charge in [0.2, 0.25) is 5.75 Å². The first-order valence-corrected chi connectivity index (χ1v) is 8.49. The number of rotatable bonds is 5. The second-order valence-electron chi connectivity index (χ2n) is 5.94. The van der Waals surface area contributed by atoms with Crippen molar-refractivity contribution in [2.45, 2.75) is 0 Å². The van der Waals surface area contributed by atoms with E-state index in [2.05, 4.69) is 9.88 Å². The quantitative estimate of drug-likeness (QED) is 0.810. The number of carbonyl (C=O) groups is 1. The minimum absolute atomic E-state index is 0.0408. The summed E-state index contributed by atoms with van der Waals surface area (Å²) in [5.74, 6) is 2.46. The standard InChI is InChI=1S/C19H23N3O4/c1-24-15-12-14(13-16(25-2)18(15)26-3)19(23)22-10-8-21(9-11-22)17-6-4-5-7-20-17/h4-7,12-13H,8-11H2,1-3H3/p+1. The lowest BCUT2D eigenvalue weighted by Crippen LogP contribution is -2.50. The molecule has 3 rings (SSSR count). The van der Waals surface area contributed by atoms with Gasteiger partial charge < -0.3 is 19.1 Å². The highest BCUT2D eigenvalue weighted by molar-refractivity contribution is 5.95. The van der Waals surface area contributed by atoms with Crippen molar-refractivity contribution >= 4 is 11.7 Å². The molecule has 7 nitrogen and oxygen atoms in total. The maximum absolute atomic E-state index is 12.9. The van der Waals surface area contributed by atoms with E-state index in [0.717, 1.165) is 18.9 Å². The summed E-state index contributed by atoms with van der Waals surface area (Å²) in [6.07, 6.45) is 1.91. The minimum atomic E-state index is -0.0408. The summed E-state index contributed by atoms with van der Waals surface area (Å²) in [5, 5.41) is 0. The number of aromatic nitrogens is 1. The second kappa shape index (κ2) is 7.95. The van der Waals surface area contributed by atoms with Crippen LogP contribution in [-0.2, 0) is 0 Å². The second-order valence-corrected chi connectivity index (χ2v) is 5.94. The molecule has 0 spiro atoms. The van der Waals surface area contributed by atoms with Crippen molar-refractivity contribution in [3.05, 3.63) is 42.1 Å². The Morgan fingerprint density at radius 3 is 2.12 bits per heavy atom. The first-order chi connectivity index (χ1) is 12.7. The summed E-state index contributed by atoms with van der Waals surface area (Å²) >= 11 is 0. The van der Waals surface area contributed by atoms with E-state index in [1.807, 2.05) is 29.3 Å². The van der Waals surface area contributed by atoms with Crippen LogP contribution in [0.15, 0.2) is 36.5 Å². The van der Waals surface area contributed by atoms with Crippen LogP contribution in [0.2, 0.25) is 0 Å². The van der Waals surface area contributed by atoms with E-state index in [1.54, 1.807) is 33.5 Å². The number of pyridine rings is 1. The lowest BCUT2D eigenvalue weighted by molar-refractivity contribution is -0.364. The molecule has 1 aliphatic heterocycles. The van der Waals surface area contributed by atoms with Gasteiger partial charge in [-0.15, -0.1) is 0 Å². The summed E-state index contributed by atoms with van der Waals surface area (Å²) in [6.45, 7) is 2.85. The van der Waals surface area contributed by atoms with Crippen LogP contribution in [-0.4, -0.2) is 58.3 Å². The highest BCUT2D eigenvalue weighted by atomic mass is 16.5. The normalized spacial score (nSPS) is 14.1. The Morgan fingerprint density at radius 1 is 0.962 bits per heavy atom. The van der Waals surface area contributed by atoms with Gasteiger partial charge in [0.05, 0.1) is 40.6 Å². The third-order valence-electron chi connectivity index (χ3n) is 4.51. The fourth-order valence-corrected chi connectivity index (χ4v) is 3.12. The summed E-state index contributed by atoms with van der Waals surface area (Å²) in [7, 11) is 4.63. The molecule has 0 radical (unpaired) electrons. The molecule has 1 aromatic carbocycles. The van der Waals surface area contributed by atoms with Gasteiger partial charge in [0.25, 0.3) is 11.7 Å². The number of nitrogens with zero attached hydrogens (tertiary/aromatic N) is 2. The number of hydrogen-bond donors (Lipinski definition) is 0. The summed E-state index contributed by atoms with van der Waals surface area (Å²) in [6, 6.07) is 9.38. The molecule has 26 heavy (non-hydrogen) atoms. The Bertz CT molecular complexity index is 734. The predicted molar refractivity (Wildman–Crippen MR) is 97.2 cm³/mol. The van der Waals surface area contributed by atoms with Crippen LogP contribution in [0.4, 0.5) is 5.82 Å². The highest BCUT2D eigenvalue weighted by Crippen LogP contribution is 2.38. The van der Waals surface area contributed by atoms with Crippen molar-refractivity contribution < 1.29 is 24.0 Å². The largest absolute Gasteiger partial charge is 0.493 e. The zero-order chi connectivity index (χ0) is 18.5. The molecule has 1 aliphatic rings. The summed E-state index contributed by atoms with van der Waals surface area (Å²) in [4.78, 5) is 20.2. The van der Waals surface area contributed by atoms with Gasteiger partial charge in [0.15, 0.2) is 11.5 Å². The lowest BCUT2D eigenvalue weighted by Gasteiger charge is -2.31. The molecule has 0 atom stereocenters. The summed E-state index contributed by atoms with van der Waals surface area (Å²) < 4.78 is 16.0. The number of benzene rings is 1. The van der Waals surface area contributed by atoms with Crippen molar-refractivity contribution in [3.63, 3.8) is 0 Å². The molecule has 7 heteroatoms. The maximum atomic E-state index is 12.9. The van der Waals surface area contributed by atoms with Crippen molar-refractivity contribution in [2.75, 3.05) is 52.4 Å². The van der Waals surface area contributed by atoms with Gasteiger partial charge in [-0.1, -0.05) is 6.07 Å². The number of ether oxygens (including phenoxy) is 3. The number of aromatic amines is 1. The highest BCUT2D eigenvalue weighted by Gasteiger charge is 2.28. The van der Waals surface area contributed by atoms with Crippen LogP contribution < -0.4 is 24.1 Å². The zero-order valence-corrected chi connectivity index (χ0v) is 15.3. The third kappa shape index (κ3) is 3.51. The van der Waals surface area contributed by atoms with Crippen LogP contribution in [0.3, 0.4) is 0 Å². The Balaban J connectivity index is 1.74. The van der Waals surface area contributed by atoms with Gasteiger partial charge in [-0.2, -0.15) is 0 Å². The molecule has 138 valence electrons. The molecule has 1 amide bonds. The van der Waals surface area contributed by atoms with Crippen molar-refractivity contribution in [2.24, 2.45) is 0 Å². The Morgan fingerprint density at radius 2 is 1.62 bits per heavy atom. The molecule has 2 heterocycles. The first-order valence-electron chi connectivity index (χ1n) is 8.49. The van der Waals surface area contributed by atoms with Crippen molar-refractivity contribution in [1.29, 1.82) is 0 Å². The van der Waals surface area contributed by atoms with E-state index in [9.17, 15) is 4.79 Å². The molecule has 1 aromatic heterocycles. The molecule has 1 saturated heterocycles. The molecule has 0 unspecified atom stereocenters. The van der Waals surface area contributed by atoms with E-state index >= 15 is 0 Å². The number of piperazine rings is 1. The number of amides is 1. The predicted octanol–water partition coefficient (Wildman–Crippen LogP) is 1.49. The number of methoxy groups -OCH3 is 3. The van der Waals surface area contributed by atoms with E-state index in [0.29, 0.717) is 35.9 Å². The SMILES string of the molecule is COc1cc(C(=O)N2CCN(c3cccc[nH+]3)CC2)cc(OC)c1OC. The maximum Gasteiger partial charge on any atom is 0.274 e.